The maximum atomic E-state index is 13.0. The number of H-pyrrole nitrogens is 5. The lowest BCUT2D eigenvalue weighted by Gasteiger charge is -2.40. The van der Waals surface area contributed by atoms with Gasteiger partial charge in [0, 0.05) is 225 Å². The largest absolute Gasteiger partial charge is 0.444 e. The average molecular weight is 2070 g/mol. The number of carbonyl (C=O) groups is 11. The highest BCUT2D eigenvalue weighted by molar-refractivity contribution is 14.1. The zero-order chi connectivity index (χ0) is 97.5. The standard InChI is InChI=1S/C23H29ClN6O5.C18H21ClN6O3.C15H16ClN5O3.C13H20N4O4.C8H14INO2.C8H12N4O2.2CH4/c1-23(2,3)34-22(33)30-11-16(12-30)35-28(4)20(31)19-17-13-29(9-8-18(17)26-27-19)21(32)25-15-7-5-6-14(24)10-15;1-24(28-13-8-20-9-13)17(26)16-14-10-25(6-5-15(14)22-23-16)18(27)21-12-4-2-3-11(19)7-12;1-20(24)14(22)13-11-8-21(6-5-12(11)18-19-13)15(23)17-10-4-2-3-9(16)7-10;1-13(2,3)21-12(19)17-6-5-9-8(7-17)10(15-14-9)11(18)16(4)20;1-8(2,3)12-7(11)10-4-6(9)5-10;1-12(14)8(13)7-5-4-9-3-2-6(5)10-11-7;;/h5-7,10,16H,8-9,11-13H2,1-4H3,(H,25,32)(H,26,27);2-4,7,13,20H,5-6,8-10H2,1H3,(H,21,27)(H,22,23);2-4,7,24H,5-6,8H2,1H3,(H,17,23)(H,18,19);20H,5-7H2,1-4H3,(H,14,15);6H,4-5H2,1-3H3;9,14H,2-4H2,1H3,(H,10,11);2*1H4. The highest BCUT2D eigenvalue weighted by Crippen LogP contribution is 2.31. The SMILES string of the molecule is C.C.CC(C)(C)OC(=O)N1CC(I)C1.CN(O)C(=O)c1n[nH]c2c1CN(C(=O)Nc1cccc(Cl)c1)CC2.CN(O)C(=O)c1n[nH]c2c1CN(C(=O)OC(C)(C)C)CC2.CN(O)C(=O)c1n[nH]c2c1CNCC2.CN(OC1CN(C(=O)OC(C)(C)C)C1)C(=O)c1n[nH]c2c1CN(C(=O)Nc1cccc(Cl)c1)CC2.CN(OC1CNC1)C(=O)c1n[nH]c2c1CN(C(=O)Nc1cccc(Cl)c1)CC2. The Morgan fingerprint density at radius 2 is 0.684 bits per heavy atom. The summed E-state index contributed by atoms with van der Waals surface area (Å²) in [5, 5.41) is 82.0. The fourth-order valence-corrected chi connectivity index (χ4v) is 15.6. The molecule has 0 unspecified atom stereocenters. The predicted molar refractivity (Wildman–Crippen MR) is 508 cm³/mol. The molecule has 49 heteroatoms. The number of halogens is 4. The van der Waals surface area contributed by atoms with Crippen molar-refractivity contribution >= 4 is 140 Å². The van der Waals surface area contributed by atoms with Crippen molar-refractivity contribution in [2.75, 3.05) is 123 Å². The Hall–Kier alpha value is -12.0. The van der Waals surface area contributed by atoms with Crippen molar-refractivity contribution in [2.24, 2.45) is 0 Å². The molecule has 5 aromatic heterocycles. The number of hydrogen-bond acceptors (Lipinski definition) is 26. The first-order valence-electron chi connectivity index (χ1n) is 42.8. The van der Waals surface area contributed by atoms with Gasteiger partial charge in [0.15, 0.2) is 28.5 Å². The van der Waals surface area contributed by atoms with Crippen molar-refractivity contribution in [3.63, 3.8) is 0 Å². The quantitative estimate of drug-likeness (QED) is 0.0178. The summed E-state index contributed by atoms with van der Waals surface area (Å²) in [5.74, 6) is -2.48. The topological polar surface area (TPSA) is 534 Å². The van der Waals surface area contributed by atoms with Crippen LogP contribution in [0.5, 0.6) is 0 Å². The Morgan fingerprint density at radius 1 is 0.397 bits per heavy atom. The maximum Gasteiger partial charge on any atom is 0.410 e. The van der Waals surface area contributed by atoms with E-state index in [1.807, 2.05) is 20.8 Å². The highest BCUT2D eigenvalue weighted by atomic mass is 127. The van der Waals surface area contributed by atoms with Crippen molar-refractivity contribution in [2.45, 2.75) is 175 Å². The van der Waals surface area contributed by atoms with Gasteiger partial charge in [-0.15, -0.1) is 0 Å². The first kappa shape index (κ1) is 108. The Kier molecular flexibility index (Phi) is 37.3. The van der Waals surface area contributed by atoms with E-state index in [0.29, 0.717) is 158 Å². The molecule has 0 radical (unpaired) electrons. The number of aromatic amines is 5. The van der Waals surface area contributed by atoms with Gasteiger partial charge in [0.2, 0.25) is 0 Å². The molecule has 0 aliphatic carbocycles. The first-order valence-corrected chi connectivity index (χ1v) is 45.2. The van der Waals surface area contributed by atoms with E-state index in [1.54, 1.807) is 141 Å². The number of rotatable bonds is 12. The van der Waals surface area contributed by atoms with Gasteiger partial charge in [0.05, 0.1) is 39.3 Å². The molecular weight excluding hydrogens is 1950 g/mol. The molecule has 8 aliphatic heterocycles. The number of ether oxygens (including phenoxy) is 3. The van der Waals surface area contributed by atoms with Crippen LogP contribution in [0, 0.1) is 0 Å². The molecule has 0 bridgehead atoms. The third kappa shape index (κ3) is 29.3. The van der Waals surface area contributed by atoms with Crippen molar-refractivity contribution < 1.29 is 92.2 Å². The van der Waals surface area contributed by atoms with Crippen molar-refractivity contribution in [3.8, 4) is 0 Å². The van der Waals surface area contributed by atoms with Crippen molar-refractivity contribution in [1.82, 2.24) is 116 Å². The highest BCUT2D eigenvalue weighted by Gasteiger charge is 2.40. The van der Waals surface area contributed by atoms with Gasteiger partial charge in [-0.1, -0.05) is 90.4 Å². The van der Waals surface area contributed by atoms with Crippen LogP contribution in [0.2, 0.25) is 15.1 Å². The van der Waals surface area contributed by atoms with E-state index >= 15 is 0 Å². The second-order valence-corrected chi connectivity index (χ2v) is 38.2. The molecule has 13 N–H and O–H groups in total. The summed E-state index contributed by atoms with van der Waals surface area (Å²) >= 11 is 20.2. The Balaban J connectivity index is 0.000000188. The van der Waals surface area contributed by atoms with Gasteiger partial charge in [-0.05, 0) is 117 Å². The van der Waals surface area contributed by atoms with Gasteiger partial charge >= 0.3 is 36.4 Å². The molecule has 136 heavy (non-hydrogen) atoms. The predicted octanol–water partition coefficient (Wildman–Crippen LogP) is 11.0. The molecule has 3 aromatic carbocycles. The lowest BCUT2D eigenvalue weighted by molar-refractivity contribution is -0.186. The van der Waals surface area contributed by atoms with Crippen LogP contribution in [0.25, 0.3) is 0 Å². The van der Waals surface area contributed by atoms with Crippen LogP contribution < -0.4 is 26.6 Å². The molecule has 3 fully saturated rings. The fourth-order valence-electron chi connectivity index (χ4n) is 14.1. The zero-order valence-electron chi connectivity index (χ0n) is 76.6. The molecule has 14 amide bonds. The lowest BCUT2D eigenvalue weighted by atomic mass is 10.1. The second kappa shape index (κ2) is 47.2. The molecule has 8 aromatic rings. The minimum atomic E-state index is -0.621. The molecule has 13 heterocycles. The van der Waals surface area contributed by atoms with Crippen LogP contribution >= 0.6 is 57.4 Å². The number of nitrogens with one attached hydrogen (secondary N) is 10. The van der Waals surface area contributed by atoms with E-state index in [2.05, 4.69) is 100 Å². The summed E-state index contributed by atoms with van der Waals surface area (Å²) in [7, 11) is 6.84. The first-order chi connectivity index (χ1) is 63.2. The minimum Gasteiger partial charge on any atom is -0.444 e. The number of aromatic nitrogens is 10. The Labute approximate surface area is 814 Å². The number of carbonyl (C=O) groups excluding carboxylic acids is 11. The summed E-state index contributed by atoms with van der Waals surface area (Å²) < 4.78 is 16.4. The zero-order valence-corrected chi connectivity index (χ0v) is 81.0. The van der Waals surface area contributed by atoms with E-state index in [0.717, 1.165) is 70.7 Å². The monoisotopic (exact) mass is 2060 g/mol. The Morgan fingerprint density at radius 3 is 0.985 bits per heavy atom. The fraction of sp³-hybridized carbons (Fsp3) is 0.494. The van der Waals surface area contributed by atoms with Crippen LogP contribution in [0.15, 0.2) is 72.8 Å². The van der Waals surface area contributed by atoms with Gasteiger partial charge in [0.1, 0.15) is 29.0 Å². The van der Waals surface area contributed by atoms with E-state index < -0.39 is 47.0 Å². The normalized spacial score (nSPS) is 15.2. The van der Waals surface area contributed by atoms with Crippen LogP contribution in [0.3, 0.4) is 0 Å². The Bertz CT molecular complexity index is 5550. The lowest BCUT2D eigenvalue weighted by Crippen LogP contribution is -2.57. The number of fused-ring (bicyclic) bond motifs is 5. The number of nitrogens with zero attached hydrogens (tertiary/aromatic N) is 16. The van der Waals surface area contributed by atoms with Gasteiger partial charge in [-0.2, -0.15) is 25.5 Å². The number of benzene rings is 3. The summed E-state index contributed by atoms with van der Waals surface area (Å²) in [6.45, 7) is 24.7. The number of likely N-dealkylation sites (tertiary alicyclic amines) is 2. The molecule has 0 atom stereocenters. The molecule has 16 rings (SSSR count). The summed E-state index contributed by atoms with van der Waals surface area (Å²) in [6.07, 6.45) is 1.72. The third-order valence-electron chi connectivity index (χ3n) is 21.1. The molecule has 45 nitrogen and oxygen atoms in total. The number of anilines is 3. The molecular formula is C87H120Cl3IN26O19. The van der Waals surface area contributed by atoms with Crippen LogP contribution in [-0.4, -0.2) is 327 Å². The van der Waals surface area contributed by atoms with Crippen LogP contribution in [0.1, 0.15) is 186 Å². The van der Waals surface area contributed by atoms with Gasteiger partial charge in [-0.3, -0.25) is 74.8 Å². The summed E-state index contributed by atoms with van der Waals surface area (Å²) in [5.41, 5.74) is 9.07. The molecule has 8 aliphatic rings. The van der Waals surface area contributed by atoms with Gasteiger partial charge in [-0.25, -0.2) is 54.1 Å². The summed E-state index contributed by atoms with van der Waals surface area (Å²) in [4.78, 5) is 155. The van der Waals surface area contributed by atoms with Crippen LogP contribution in [0.4, 0.5) is 45.8 Å². The summed E-state index contributed by atoms with van der Waals surface area (Å²) in [6, 6.07) is 19.9. The van der Waals surface area contributed by atoms with Crippen molar-refractivity contribution in [1.29, 1.82) is 0 Å². The van der Waals surface area contributed by atoms with E-state index in [1.165, 1.54) is 43.1 Å². The van der Waals surface area contributed by atoms with Gasteiger partial charge in [0.25, 0.3) is 29.5 Å². The molecule has 0 spiro atoms. The minimum absolute atomic E-state index is 0. The number of hydrogen-bond donors (Lipinski definition) is 13. The number of amides is 14. The smallest absolute Gasteiger partial charge is 0.410 e. The molecule has 3 saturated heterocycles. The molecule has 740 valence electrons. The van der Waals surface area contributed by atoms with Crippen molar-refractivity contribution in [3.05, 3.63) is 173 Å². The third-order valence-corrected chi connectivity index (χ3v) is 22.6. The average Bonchev–Trinajstić information content (AvgIpc) is 1.69. The second-order valence-electron chi connectivity index (χ2n) is 35.1. The molecule has 0 saturated carbocycles. The van der Waals surface area contributed by atoms with Gasteiger partial charge < -0.3 is 70.2 Å². The number of alkyl halides is 1. The number of urea groups is 3. The van der Waals surface area contributed by atoms with Crippen LogP contribution in [-0.2, 0) is 88.7 Å². The maximum absolute atomic E-state index is 13.0. The van der Waals surface area contributed by atoms with E-state index in [4.69, 9.17) is 63.9 Å². The number of hydroxylamine groups is 10. The van der Waals surface area contributed by atoms with E-state index in [-0.39, 0.29) is 112 Å². The van der Waals surface area contributed by atoms with E-state index in [9.17, 15) is 63.2 Å².